The summed E-state index contributed by atoms with van der Waals surface area (Å²) in [7, 11) is -3.73. The molecule has 0 saturated carbocycles. The quantitative estimate of drug-likeness (QED) is 0.520. The van der Waals surface area contributed by atoms with Crippen molar-refractivity contribution in [2.75, 3.05) is 13.2 Å². The first-order valence-corrected chi connectivity index (χ1v) is 9.62. The van der Waals surface area contributed by atoms with E-state index in [1.165, 1.54) is 35.6 Å². The van der Waals surface area contributed by atoms with Crippen molar-refractivity contribution in [1.82, 2.24) is 4.98 Å². The van der Waals surface area contributed by atoms with E-state index < -0.39 is 16.0 Å². The van der Waals surface area contributed by atoms with Crippen LogP contribution >= 0.6 is 11.3 Å². The van der Waals surface area contributed by atoms with Gasteiger partial charge in [-0.2, -0.15) is 0 Å². The third-order valence-electron chi connectivity index (χ3n) is 3.30. The fourth-order valence-electron chi connectivity index (χ4n) is 2.08. The normalized spacial score (nSPS) is 11.4. The number of sulfonamides is 1. The molecule has 2 N–H and O–H groups in total. The molecule has 0 spiro atoms. The van der Waals surface area contributed by atoms with E-state index in [9.17, 15) is 13.2 Å². The number of rotatable bonds is 6. The molecule has 0 aliphatic carbocycles. The summed E-state index contributed by atoms with van der Waals surface area (Å²) in [6, 6.07) is 10.8. The van der Waals surface area contributed by atoms with Crippen LogP contribution in [0.3, 0.4) is 0 Å². The first-order valence-electron chi connectivity index (χ1n) is 7.19. The van der Waals surface area contributed by atoms with Crippen LogP contribution in [-0.2, 0) is 14.8 Å². The van der Waals surface area contributed by atoms with E-state index in [0.29, 0.717) is 11.3 Å². The summed E-state index contributed by atoms with van der Waals surface area (Å²) >= 11 is 1.45. The van der Waals surface area contributed by atoms with Gasteiger partial charge in [-0.25, -0.2) is 23.3 Å². The van der Waals surface area contributed by atoms with Gasteiger partial charge in [-0.05, 0) is 42.5 Å². The summed E-state index contributed by atoms with van der Waals surface area (Å²) in [4.78, 5) is 16.2. The fourth-order valence-corrected chi connectivity index (χ4v) is 3.32. The monoisotopic (exact) mass is 378 g/mol. The van der Waals surface area contributed by atoms with Gasteiger partial charge in [0.1, 0.15) is 19.0 Å². The van der Waals surface area contributed by atoms with Gasteiger partial charge in [0.2, 0.25) is 10.0 Å². The van der Waals surface area contributed by atoms with Gasteiger partial charge in [0, 0.05) is 0 Å². The first kappa shape index (κ1) is 17.3. The second-order valence-corrected chi connectivity index (χ2v) is 7.48. The topological polar surface area (TPSA) is 109 Å². The molecule has 2 aromatic carbocycles. The van der Waals surface area contributed by atoms with Gasteiger partial charge in [-0.1, -0.05) is 0 Å². The number of thiazole rings is 1. The number of nitrogens with two attached hydrogens (primary N) is 1. The lowest BCUT2D eigenvalue weighted by Gasteiger charge is -2.08. The average Bonchev–Trinajstić information content (AvgIpc) is 3.06. The molecule has 0 unspecified atom stereocenters. The highest BCUT2D eigenvalue weighted by Crippen LogP contribution is 2.19. The Morgan fingerprint density at radius 3 is 2.60 bits per heavy atom. The zero-order valence-corrected chi connectivity index (χ0v) is 14.5. The smallest absolute Gasteiger partial charge is 0.338 e. The lowest BCUT2D eigenvalue weighted by molar-refractivity contribution is 0.0450. The molecule has 1 aromatic heterocycles. The summed E-state index contributed by atoms with van der Waals surface area (Å²) in [5.41, 5.74) is 3.01. The lowest BCUT2D eigenvalue weighted by Crippen LogP contribution is -2.13. The Balaban J connectivity index is 1.50. The highest BCUT2D eigenvalue weighted by molar-refractivity contribution is 7.89. The van der Waals surface area contributed by atoms with E-state index in [2.05, 4.69) is 4.98 Å². The highest BCUT2D eigenvalue weighted by atomic mass is 32.2. The van der Waals surface area contributed by atoms with Crippen LogP contribution in [0.15, 0.2) is 52.9 Å². The molecule has 0 amide bonds. The highest BCUT2D eigenvalue weighted by Gasteiger charge is 2.10. The number of hydrogen-bond donors (Lipinski definition) is 1. The summed E-state index contributed by atoms with van der Waals surface area (Å²) < 4.78 is 33.8. The number of hydrogen-bond acceptors (Lipinski definition) is 7. The molecular formula is C16H14N2O5S2. The molecule has 9 heteroatoms. The van der Waals surface area contributed by atoms with Crippen LogP contribution in [0.1, 0.15) is 10.4 Å². The molecule has 3 rings (SSSR count). The van der Waals surface area contributed by atoms with Crippen molar-refractivity contribution in [3.05, 3.63) is 53.5 Å². The Morgan fingerprint density at radius 2 is 1.88 bits per heavy atom. The van der Waals surface area contributed by atoms with Crippen molar-refractivity contribution in [3.63, 3.8) is 0 Å². The third kappa shape index (κ3) is 4.32. The maximum absolute atomic E-state index is 12.0. The molecular weight excluding hydrogens is 364 g/mol. The number of esters is 1. The van der Waals surface area contributed by atoms with E-state index in [1.54, 1.807) is 23.7 Å². The van der Waals surface area contributed by atoms with Crippen LogP contribution in [0.5, 0.6) is 5.75 Å². The second-order valence-electron chi connectivity index (χ2n) is 5.04. The Morgan fingerprint density at radius 1 is 1.12 bits per heavy atom. The molecule has 0 saturated heterocycles. The van der Waals surface area contributed by atoms with E-state index in [4.69, 9.17) is 14.6 Å². The van der Waals surface area contributed by atoms with Gasteiger partial charge >= 0.3 is 5.97 Å². The molecule has 0 aliphatic heterocycles. The minimum Gasteiger partial charge on any atom is -0.490 e. The Labute approximate surface area is 148 Å². The minimum absolute atomic E-state index is 0.00439. The standard InChI is InChI=1S/C16H14N2O5S2/c17-25(20,21)13-4-2-12(3-5-13)22-7-8-23-16(19)11-1-6-14-15(9-11)24-10-18-14/h1-6,9-10H,7-8H2,(H2,17,20,21). The summed E-state index contributed by atoms with van der Waals surface area (Å²) in [5, 5.41) is 5.02. The molecule has 130 valence electrons. The van der Waals surface area contributed by atoms with Crippen LogP contribution in [0.25, 0.3) is 10.2 Å². The Kier molecular flexibility index (Phi) is 4.98. The minimum atomic E-state index is -3.73. The zero-order valence-electron chi connectivity index (χ0n) is 12.9. The van der Waals surface area contributed by atoms with Crippen molar-refractivity contribution >= 4 is 37.5 Å². The number of aromatic nitrogens is 1. The van der Waals surface area contributed by atoms with Gasteiger partial charge < -0.3 is 9.47 Å². The predicted molar refractivity (Wildman–Crippen MR) is 93.2 cm³/mol. The molecule has 0 aliphatic rings. The Hall–Kier alpha value is -2.49. The van der Waals surface area contributed by atoms with Gasteiger partial charge in [0.25, 0.3) is 0 Å². The van der Waals surface area contributed by atoms with Crippen molar-refractivity contribution in [3.8, 4) is 5.75 Å². The number of carbonyl (C=O) groups is 1. The van der Waals surface area contributed by atoms with Crippen molar-refractivity contribution in [2.24, 2.45) is 5.14 Å². The summed E-state index contributed by atoms with van der Waals surface area (Å²) in [6.45, 7) is 0.208. The van der Waals surface area contributed by atoms with Gasteiger partial charge in [-0.15, -0.1) is 11.3 Å². The number of primary sulfonamides is 1. The zero-order chi connectivity index (χ0) is 17.9. The van der Waals surface area contributed by atoms with Gasteiger partial charge in [-0.3, -0.25) is 0 Å². The predicted octanol–water partition coefficient (Wildman–Crippen LogP) is 2.18. The molecule has 7 nitrogen and oxygen atoms in total. The van der Waals surface area contributed by atoms with Crippen LogP contribution in [0, 0.1) is 0 Å². The fraction of sp³-hybridized carbons (Fsp3) is 0.125. The number of nitrogens with zero attached hydrogens (tertiary/aromatic N) is 1. The number of carbonyl (C=O) groups excluding carboxylic acids is 1. The molecule has 0 atom stereocenters. The van der Waals surface area contributed by atoms with Crippen LogP contribution in [0.2, 0.25) is 0 Å². The van der Waals surface area contributed by atoms with E-state index in [0.717, 1.165) is 10.2 Å². The molecule has 0 bridgehead atoms. The molecule has 3 aromatic rings. The largest absolute Gasteiger partial charge is 0.490 e. The maximum atomic E-state index is 12.0. The lowest BCUT2D eigenvalue weighted by atomic mass is 10.2. The van der Waals surface area contributed by atoms with Crippen molar-refractivity contribution < 1.29 is 22.7 Å². The van der Waals surface area contributed by atoms with Gasteiger partial charge in [0.15, 0.2) is 0 Å². The molecule has 1 heterocycles. The molecule has 0 radical (unpaired) electrons. The first-order chi connectivity index (χ1) is 11.9. The number of ether oxygens (including phenoxy) is 2. The van der Waals surface area contributed by atoms with Crippen molar-refractivity contribution in [2.45, 2.75) is 4.90 Å². The van der Waals surface area contributed by atoms with Gasteiger partial charge in [0.05, 0.1) is 26.2 Å². The number of benzene rings is 2. The number of fused-ring (bicyclic) bond motifs is 1. The van der Waals surface area contributed by atoms with E-state index >= 15 is 0 Å². The summed E-state index contributed by atoms with van der Waals surface area (Å²) in [6.07, 6.45) is 0. The SMILES string of the molecule is NS(=O)(=O)c1ccc(OCCOC(=O)c2ccc3ncsc3c2)cc1. The Bertz CT molecular complexity index is 997. The summed E-state index contributed by atoms with van der Waals surface area (Å²) in [5.74, 6) is 0.0120. The van der Waals surface area contributed by atoms with Crippen LogP contribution in [0.4, 0.5) is 0 Å². The molecule has 25 heavy (non-hydrogen) atoms. The van der Waals surface area contributed by atoms with E-state index in [1.807, 2.05) is 0 Å². The third-order valence-corrected chi connectivity index (χ3v) is 5.03. The maximum Gasteiger partial charge on any atom is 0.338 e. The van der Waals surface area contributed by atoms with Crippen molar-refractivity contribution in [1.29, 1.82) is 0 Å². The molecule has 0 fully saturated rings. The van der Waals surface area contributed by atoms with Crippen LogP contribution < -0.4 is 9.88 Å². The van der Waals surface area contributed by atoms with E-state index in [-0.39, 0.29) is 18.1 Å². The second kappa shape index (κ2) is 7.18. The van der Waals surface area contributed by atoms with Crippen LogP contribution in [-0.4, -0.2) is 32.6 Å². The average molecular weight is 378 g/mol.